The van der Waals surface area contributed by atoms with E-state index in [0.29, 0.717) is 17.1 Å². The fourth-order valence-electron chi connectivity index (χ4n) is 2.44. The number of ether oxygens (including phenoxy) is 4. The van der Waals surface area contributed by atoms with Crippen LogP contribution in [-0.4, -0.2) is 72.3 Å². The summed E-state index contributed by atoms with van der Waals surface area (Å²) in [6.45, 7) is -1.04. The third-order valence-corrected chi connectivity index (χ3v) is 3.72. The van der Waals surface area contributed by atoms with Gasteiger partial charge in [-0.05, 0) is 12.1 Å². The van der Waals surface area contributed by atoms with Crippen molar-refractivity contribution in [2.75, 3.05) is 27.4 Å². The van der Waals surface area contributed by atoms with Gasteiger partial charge in [-0.25, -0.2) is 0 Å². The minimum atomic E-state index is -1.30. The summed E-state index contributed by atoms with van der Waals surface area (Å²) in [4.78, 5) is 0. The van der Waals surface area contributed by atoms with Crippen molar-refractivity contribution in [1.82, 2.24) is 0 Å². The van der Waals surface area contributed by atoms with Crippen LogP contribution in [-0.2, 0) is 9.47 Å². The molecule has 2 rings (SSSR count). The zero-order valence-corrected chi connectivity index (χ0v) is 13.0. The van der Waals surface area contributed by atoms with Gasteiger partial charge in [0.25, 0.3) is 0 Å². The van der Waals surface area contributed by atoms with Crippen LogP contribution >= 0.6 is 0 Å². The number of methoxy groups -OCH3 is 2. The van der Waals surface area contributed by atoms with Crippen molar-refractivity contribution < 1.29 is 39.4 Å². The van der Waals surface area contributed by atoms with Crippen LogP contribution in [0.1, 0.15) is 11.9 Å². The smallest absolute Gasteiger partial charge is 0.185 e. The van der Waals surface area contributed by atoms with E-state index in [1.165, 1.54) is 14.2 Å². The number of rotatable bonds is 6. The molecule has 1 aliphatic rings. The molecule has 1 fully saturated rings. The molecule has 4 N–H and O–H groups in total. The fraction of sp³-hybridized carbons (Fsp3) is 0.600. The molecule has 1 aromatic carbocycles. The summed E-state index contributed by atoms with van der Waals surface area (Å²) in [5, 5.41) is 38.3. The highest BCUT2D eigenvalue weighted by molar-refractivity contribution is 5.43. The molecule has 0 amide bonds. The Morgan fingerprint density at radius 1 is 1.13 bits per heavy atom. The standard InChI is InChI=1S/C15H22O8/c1-20-10-4-3-8(5-11(10)21-2)15-22-12(7-17)13(19)14(23-15)9(18)6-16/h3-5,9,12-19H,6-7H2,1-2H3/t9-,12+,13-,14-,15?/m1/s1. The van der Waals surface area contributed by atoms with E-state index in [1.54, 1.807) is 18.2 Å². The van der Waals surface area contributed by atoms with Gasteiger partial charge in [0.2, 0.25) is 0 Å². The van der Waals surface area contributed by atoms with E-state index in [1.807, 2.05) is 0 Å². The van der Waals surface area contributed by atoms with Gasteiger partial charge in [0.15, 0.2) is 17.8 Å². The Kier molecular flexibility index (Phi) is 6.17. The first-order chi connectivity index (χ1) is 11.0. The van der Waals surface area contributed by atoms with Crippen LogP contribution in [0.15, 0.2) is 18.2 Å². The molecule has 23 heavy (non-hydrogen) atoms. The molecular weight excluding hydrogens is 308 g/mol. The second-order valence-corrected chi connectivity index (χ2v) is 5.14. The molecule has 0 bridgehead atoms. The normalized spacial score (nSPS) is 29.1. The number of benzene rings is 1. The summed E-state index contributed by atoms with van der Waals surface area (Å²) >= 11 is 0. The van der Waals surface area contributed by atoms with E-state index in [4.69, 9.17) is 24.1 Å². The molecule has 130 valence electrons. The minimum absolute atomic E-state index is 0.455. The fourth-order valence-corrected chi connectivity index (χ4v) is 2.44. The van der Waals surface area contributed by atoms with Crippen LogP contribution in [0.4, 0.5) is 0 Å². The van der Waals surface area contributed by atoms with E-state index in [-0.39, 0.29) is 0 Å². The largest absolute Gasteiger partial charge is 0.493 e. The van der Waals surface area contributed by atoms with Crippen LogP contribution in [0, 0.1) is 0 Å². The summed E-state index contributed by atoms with van der Waals surface area (Å²) in [6.07, 6.45) is -5.55. The average molecular weight is 330 g/mol. The number of aliphatic hydroxyl groups is 4. The topological polar surface area (TPSA) is 118 Å². The lowest BCUT2D eigenvalue weighted by Gasteiger charge is -2.40. The molecule has 8 nitrogen and oxygen atoms in total. The van der Waals surface area contributed by atoms with Gasteiger partial charge in [-0.15, -0.1) is 0 Å². The Hall–Kier alpha value is -1.42. The SMILES string of the molecule is COc1ccc(C2O[C@H]([C@H](O)CO)[C@H](O)[C@H](CO)O2)cc1OC. The van der Waals surface area contributed by atoms with Crippen molar-refractivity contribution in [2.45, 2.75) is 30.7 Å². The first-order valence-electron chi connectivity index (χ1n) is 7.16. The van der Waals surface area contributed by atoms with Gasteiger partial charge in [-0.3, -0.25) is 0 Å². The molecular formula is C15H22O8. The predicted octanol–water partition coefficient (Wildman–Crippen LogP) is -0.807. The molecule has 1 saturated heterocycles. The summed E-state index contributed by atoms with van der Waals surface area (Å²) in [6, 6.07) is 4.98. The summed E-state index contributed by atoms with van der Waals surface area (Å²) < 4.78 is 21.4. The molecule has 0 saturated carbocycles. The second-order valence-electron chi connectivity index (χ2n) is 5.14. The maximum atomic E-state index is 10.1. The lowest BCUT2D eigenvalue weighted by atomic mass is 10.0. The van der Waals surface area contributed by atoms with Gasteiger partial charge >= 0.3 is 0 Å². The van der Waals surface area contributed by atoms with Crippen LogP contribution in [0.2, 0.25) is 0 Å². The van der Waals surface area contributed by atoms with E-state index >= 15 is 0 Å². The highest BCUT2D eigenvalue weighted by Gasteiger charge is 2.42. The van der Waals surface area contributed by atoms with Crippen molar-refractivity contribution in [3.8, 4) is 11.5 Å². The third-order valence-electron chi connectivity index (χ3n) is 3.72. The zero-order valence-electron chi connectivity index (χ0n) is 13.0. The lowest BCUT2D eigenvalue weighted by molar-refractivity contribution is -0.310. The summed E-state index contributed by atoms with van der Waals surface area (Å²) in [5.41, 5.74) is 0.558. The van der Waals surface area contributed by atoms with E-state index in [0.717, 1.165) is 0 Å². The van der Waals surface area contributed by atoms with Gasteiger partial charge in [-0.1, -0.05) is 6.07 Å². The third kappa shape index (κ3) is 3.74. The molecule has 1 aliphatic heterocycles. The highest BCUT2D eigenvalue weighted by Crippen LogP contribution is 2.36. The van der Waals surface area contributed by atoms with E-state index in [9.17, 15) is 15.3 Å². The Morgan fingerprint density at radius 2 is 1.83 bits per heavy atom. The Morgan fingerprint density at radius 3 is 2.39 bits per heavy atom. The monoisotopic (exact) mass is 330 g/mol. The van der Waals surface area contributed by atoms with Crippen molar-refractivity contribution in [1.29, 1.82) is 0 Å². The first-order valence-corrected chi connectivity index (χ1v) is 7.16. The summed E-state index contributed by atoms with van der Waals surface area (Å²) in [5.74, 6) is 0.987. The van der Waals surface area contributed by atoms with E-state index < -0.39 is 43.9 Å². The molecule has 0 aromatic heterocycles. The van der Waals surface area contributed by atoms with Crippen LogP contribution in [0.5, 0.6) is 11.5 Å². The molecule has 0 aliphatic carbocycles. The Bertz CT molecular complexity index is 508. The van der Waals surface area contributed by atoms with Gasteiger partial charge < -0.3 is 39.4 Å². The predicted molar refractivity (Wildman–Crippen MR) is 78.2 cm³/mol. The first kappa shape index (κ1) is 17.9. The van der Waals surface area contributed by atoms with Gasteiger partial charge in [0.05, 0.1) is 27.4 Å². The van der Waals surface area contributed by atoms with Crippen LogP contribution in [0.25, 0.3) is 0 Å². The highest BCUT2D eigenvalue weighted by atomic mass is 16.7. The molecule has 8 heteroatoms. The summed E-state index contributed by atoms with van der Waals surface area (Å²) in [7, 11) is 3.00. The molecule has 0 radical (unpaired) electrons. The maximum Gasteiger partial charge on any atom is 0.185 e. The van der Waals surface area contributed by atoms with Crippen LogP contribution in [0.3, 0.4) is 0 Å². The van der Waals surface area contributed by atoms with Crippen molar-refractivity contribution >= 4 is 0 Å². The van der Waals surface area contributed by atoms with Crippen molar-refractivity contribution in [3.63, 3.8) is 0 Å². The molecule has 1 heterocycles. The number of hydrogen-bond acceptors (Lipinski definition) is 8. The Balaban J connectivity index is 2.27. The number of hydrogen-bond donors (Lipinski definition) is 4. The van der Waals surface area contributed by atoms with Crippen LogP contribution < -0.4 is 9.47 Å². The molecule has 0 spiro atoms. The molecule has 5 atom stereocenters. The van der Waals surface area contributed by atoms with Gasteiger partial charge in [0.1, 0.15) is 24.4 Å². The lowest BCUT2D eigenvalue weighted by Crippen LogP contribution is -2.54. The van der Waals surface area contributed by atoms with Gasteiger partial charge in [-0.2, -0.15) is 0 Å². The second kappa shape index (κ2) is 7.91. The quantitative estimate of drug-likeness (QED) is 0.535. The van der Waals surface area contributed by atoms with Crippen molar-refractivity contribution in [2.24, 2.45) is 0 Å². The Labute approximate surface area is 133 Å². The van der Waals surface area contributed by atoms with Crippen molar-refractivity contribution in [3.05, 3.63) is 23.8 Å². The maximum absolute atomic E-state index is 10.1. The molecule has 1 aromatic rings. The number of aliphatic hydroxyl groups excluding tert-OH is 4. The average Bonchev–Trinajstić information content (AvgIpc) is 2.60. The van der Waals surface area contributed by atoms with Gasteiger partial charge in [0, 0.05) is 5.56 Å². The molecule has 1 unspecified atom stereocenters. The zero-order chi connectivity index (χ0) is 17.0. The van der Waals surface area contributed by atoms with E-state index in [2.05, 4.69) is 0 Å². The minimum Gasteiger partial charge on any atom is -0.493 e.